The molecule has 0 atom stereocenters. The lowest BCUT2D eigenvalue weighted by Crippen LogP contribution is -2.20. The third-order valence-corrected chi connectivity index (χ3v) is 5.56. The Bertz CT molecular complexity index is 1000. The average Bonchev–Trinajstić information content (AvgIpc) is 2.77. The number of nitrogens with zero attached hydrogens (tertiary/aromatic N) is 2. The molecule has 0 bridgehead atoms. The molecule has 1 saturated carbocycles. The Labute approximate surface area is 165 Å². The molecule has 4 nitrogen and oxygen atoms in total. The molecule has 0 radical (unpaired) electrons. The summed E-state index contributed by atoms with van der Waals surface area (Å²) >= 11 is 0. The maximum Gasteiger partial charge on any atom is 0.289 e. The molecule has 142 valence electrons. The molecular formula is C24H25N3O. The van der Waals surface area contributed by atoms with E-state index in [1.54, 1.807) is 6.07 Å². The van der Waals surface area contributed by atoms with Gasteiger partial charge in [0.25, 0.3) is 5.91 Å². The van der Waals surface area contributed by atoms with Crippen molar-refractivity contribution in [1.82, 2.24) is 10.4 Å². The van der Waals surface area contributed by atoms with E-state index in [1.165, 1.54) is 37.7 Å². The van der Waals surface area contributed by atoms with Gasteiger partial charge in [-0.15, -0.1) is 0 Å². The lowest BCUT2D eigenvalue weighted by Gasteiger charge is -2.22. The highest BCUT2D eigenvalue weighted by molar-refractivity contribution is 6.00. The number of benzene rings is 2. The number of fused-ring (bicyclic) bond motifs is 1. The van der Waals surface area contributed by atoms with Gasteiger partial charge in [-0.25, -0.2) is 10.4 Å². The summed E-state index contributed by atoms with van der Waals surface area (Å²) in [5.74, 6) is 0.391. The molecule has 4 rings (SSSR count). The topological polar surface area (TPSA) is 54.4 Å². The summed E-state index contributed by atoms with van der Waals surface area (Å²) in [6.45, 7) is 1.91. The summed E-state index contributed by atoms with van der Waals surface area (Å²) in [6.07, 6.45) is 6.62. The normalized spacial score (nSPS) is 15.5. The molecule has 3 aromatic rings. The first-order valence-electron chi connectivity index (χ1n) is 10.0. The summed E-state index contributed by atoms with van der Waals surface area (Å²) < 4.78 is 0. The highest BCUT2D eigenvalue weighted by atomic mass is 16.2. The Kier molecular flexibility index (Phi) is 5.47. The van der Waals surface area contributed by atoms with Crippen LogP contribution in [0.15, 0.2) is 65.8 Å². The lowest BCUT2D eigenvalue weighted by atomic mass is 9.84. The number of amides is 1. The first-order chi connectivity index (χ1) is 13.7. The zero-order valence-electron chi connectivity index (χ0n) is 16.2. The highest BCUT2D eigenvalue weighted by Crippen LogP contribution is 2.32. The Morgan fingerprint density at radius 2 is 1.71 bits per heavy atom. The summed E-state index contributed by atoms with van der Waals surface area (Å²) in [5, 5.41) is 5.28. The van der Waals surface area contributed by atoms with Gasteiger partial charge in [0.15, 0.2) is 0 Å². The minimum absolute atomic E-state index is 0.302. The molecular weight excluding hydrogens is 346 g/mol. The van der Waals surface area contributed by atoms with E-state index in [9.17, 15) is 4.79 Å². The van der Waals surface area contributed by atoms with Gasteiger partial charge in [0.05, 0.1) is 11.2 Å². The van der Waals surface area contributed by atoms with E-state index in [2.05, 4.69) is 39.8 Å². The Morgan fingerprint density at radius 3 is 2.50 bits per heavy atom. The van der Waals surface area contributed by atoms with Gasteiger partial charge < -0.3 is 0 Å². The molecule has 1 aliphatic rings. The predicted molar refractivity (Wildman–Crippen MR) is 114 cm³/mol. The smallest absolute Gasteiger partial charge is 0.266 e. The van der Waals surface area contributed by atoms with Crippen LogP contribution in [-0.4, -0.2) is 16.6 Å². The third-order valence-electron chi connectivity index (χ3n) is 5.56. The molecule has 1 N–H and O–H groups in total. The van der Waals surface area contributed by atoms with Crippen LogP contribution in [0.2, 0.25) is 0 Å². The number of hydrogen-bond donors (Lipinski definition) is 1. The Morgan fingerprint density at radius 1 is 0.964 bits per heavy atom. The fraction of sp³-hybridized carbons (Fsp3) is 0.292. The van der Waals surface area contributed by atoms with Crippen molar-refractivity contribution >= 4 is 22.5 Å². The summed E-state index contributed by atoms with van der Waals surface area (Å²) in [4.78, 5) is 16.8. The number of rotatable bonds is 4. The third kappa shape index (κ3) is 4.11. The van der Waals surface area contributed by atoms with E-state index >= 15 is 0 Å². The monoisotopic (exact) mass is 371 g/mol. The van der Waals surface area contributed by atoms with E-state index in [0.29, 0.717) is 11.6 Å². The van der Waals surface area contributed by atoms with Crippen molar-refractivity contribution in [1.29, 1.82) is 0 Å². The standard InChI is InChI=1S/C24H25N3O/c1-17(18-11-13-20(14-12-18)19-7-3-2-4-8-19)26-27-24(28)23-16-15-21-9-5-6-10-22(21)25-23/h5-6,9-16,19H,2-4,7-8H2,1H3,(H,27,28)/b26-17-. The number of aromatic nitrogens is 1. The molecule has 0 saturated heterocycles. The highest BCUT2D eigenvalue weighted by Gasteiger charge is 2.15. The molecule has 0 aliphatic heterocycles. The van der Waals surface area contributed by atoms with Crippen LogP contribution >= 0.6 is 0 Å². The number of para-hydroxylation sites is 1. The molecule has 1 aromatic heterocycles. The van der Waals surface area contributed by atoms with Crippen LogP contribution in [0.4, 0.5) is 0 Å². The molecule has 4 heteroatoms. The maximum atomic E-state index is 12.4. The molecule has 2 aromatic carbocycles. The van der Waals surface area contributed by atoms with Gasteiger partial charge in [-0.1, -0.05) is 67.8 Å². The van der Waals surface area contributed by atoms with Crippen molar-refractivity contribution in [2.75, 3.05) is 0 Å². The van der Waals surface area contributed by atoms with E-state index < -0.39 is 0 Å². The van der Waals surface area contributed by atoms with Gasteiger partial charge in [0, 0.05) is 5.39 Å². The largest absolute Gasteiger partial charge is 0.289 e. The second-order valence-corrected chi connectivity index (χ2v) is 7.48. The van der Waals surface area contributed by atoms with Gasteiger partial charge in [-0.2, -0.15) is 5.10 Å². The first-order valence-corrected chi connectivity index (χ1v) is 10.0. The zero-order chi connectivity index (χ0) is 19.3. The minimum Gasteiger partial charge on any atom is -0.266 e. The van der Waals surface area contributed by atoms with Crippen molar-refractivity contribution in [3.05, 3.63) is 77.5 Å². The number of carbonyl (C=O) groups excluding carboxylic acids is 1. The van der Waals surface area contributed by atoms with Gasteiger partial charge in [-0.3, -0.25) is 4.79 Å². The molecule has 1 aliphatic carbocycles. The quantitative estimate of drug-likeness (QED) is 0.491. The van der Waals surface area contributed by atoms with Crippen LogP contribution in [0.5, 0.6) is 0 Å². The summed E-state index contributed by atoms with van der Waals surface area (Å²) in [5.41, 5.74) is 7.01. The second-order valence-electron chi connectivity index (χ2n) is 7.48. The van der Waals surface area contributed by atoms with Crippen LogP contribution in [-0.2, 0) is 0 Å². The van der Waals surface area contributed by atoms with Crippen molar-refractivity contribution in [2.45, 2.75) is 44.9 Å². The van der Waals surface area contributed by atoms with E-state index in [4.69, 9.17) is 0 Å². The second kappa shape index (κ2) is 8.34. The molecule has 0 spiro atoms. The summed E-state index contributed by atoms with van der Waals surface area (Å²) in [7, 11) is 0. The van der Waals surface area contributed by atoms with E-state index in [1.807, 2.05) is 37.3 Å². The number of hydrazone groups is 1. The molecule has 1 fully saturated rings. The SMILES string of the molecule is C/C(=N/NC(=O)c1ccc2ccccc2n1)c1ccc(C2CCCCC2)cc1. The van der Waals surface area contributed by atoms with Gasteiger partial charge >= 0.3 is 0 Å². The van der Waals surface area contributed by atoms with Gasteiger partial charge in [0.2, 0.25) is 0 Å². The fourth-order valence-corrected chi connectivity index (χ4v) is 3.88. The van der Waals surface area contributed by atoms with Gasteiger partial charge in [-0.05, 0) is 48.9 Å². The van der Waals surface area contributed by atoms with Gasteiger partial charge in [0.1, 0.15) is 5.69 Å². The van der Waals surface area contributed by atoms with Crippen molar-refractivity contribution < 1.29 is 4.79 Å². The molecule has 1 amide bonds. The minimum atomic E-state index is -0.302. The van der Waals surface area contributed by atoms with Crippen LogP contribution < -0.4 is 5.43 Å². The average molecular weight is 371 g/mol. The fourth-order valence-electron chi connectivity index (χ4n) is 3.88. The number of nitrogens with one attached hydrogen (secondary N) is 1. The maximum absolute atomic E-state index is 12.4. The zero-order valence-corrected chi connectivity index (χ0v) is 16.2. The summed E-state index contributed by atoms with van der Waals surface area (Å²) in [6, 6.07) is 20.0. The number of pyridine rings is 1. The van der Waals surface area contributed by atoms with Crippen LogP contribution in [0.3, 0.4) is 0 Å². The predicted octanol–water partition coefficient (Wildman–Crippen LogP) is 5.44. The number of carbonyl (C=O) groups is 1. The number of hydrogen-bond acceptors (Lipinski definition) is 3. The molecule has 28 heavy (non-hydrogen) atoms. The molecule has 1 heterocycles. The van der Waals surface area contributed by atoms with E-state index in [-0.39, 0.29) is 5.91 Å². The van der Waals surface area contributed by atoms with Crippen molar-refractivity contribution in [3.63, 3.8) is 0 Å². The van der Waals surface area contributed by atoms with E-state index in [0.717, 1.165) is 22.2 Å². The Balaban J connectivity index is 1.43. The molecule has 0 unspecified atom stereocenters. The van der Waals surface area contributed by atoms with Crippen LogP contribution in [0.1, 0.15) is 66.6 Å². The van der Waals surface area contributed by atoms with Crippen molar-refractivity contribution in [2.24, 2.45) is 5.10 Å². The Hall–Kier alpha value is -3.01. The van der Waals surface area contributed by atoms with Crippen LogP contribution in [0.25, 0.3) is 10.9 Å². The lowest BCUT2D eigenvalue weighted by molar-refractivity contribution is 0.0950. The van der Waals surface area contributed by atoms with Crippen LogP contribution in [0, 0.1) is 0 Å². The first kappa shape index (κ1) is 18.4. The van der Waals surface area contributed by atoms with Crippen molar-refractivity contribution in [3.8, 4) is 0 Å².